The van der Waals surface area contributed by atoms with Gasteiger partial charge >= 0.3 is 0 Å². The van der Waals surface area contributed by atoms with Crippen LogP contribution in [-0.4, -0.2) is 25.0 Å². The van der Waals surface area contributed by atoms with Crippen molar-refractivity contribution in [2.24, 2.45) is 0 Å². The zero-order chi connectivity index (χ0) is 24.4. The lowest BCUT2D eigenvalue weighted by Gasteiger charge is -2.16. The molecule has 0 atom stereocenters. The standard InChI is InChI=1S/C28H28N2O4/c1-17(2)34-24-12-8-21(9-13-24)29-26-25(20-7-6-18(3)19(4)16-20)27(31)30(28(26)32)22-10-14-23(33-5)15-11-22/h6-17,29H,1-5H3. The largest absolute Gasteiger partial charge is 0.497 e. The Balaban J connectivity index is 1.75. The quantitative estimate of drug-likeness (QED) is 0.476. The zero-order valence-corrected chi connectivity index (χ0v) is 20.0. The molecule has 1 aliphatic rings. The molecular formula is C28H28N2O4. The van der Waals surface area contributed by atoms with E-state index >= 15 is 0 Å². The third kappa shape index (κ3) is 4.53. The summed E-state index contributed by atoms with van der Waals surface area (Å²) in [4.78, 5) is 28.3. The smallest absolute Gasteiger partial charge is 0.282 e. The van der Waals surface area contributed by atoms with Gasteiger partial charge in [-0.1, -0.05) is 18.2 Å². The number of carbonyl (C=O) groups is 2. The van der Waals surface area contributed by atoms with Crippen LogP contribution in [0, 0.1) is 13.8 Å². The lowest BCUT2D eigenvalue weighted by atomic mass is 9.99. The monoisotopic (exact) mass is 456 g/mol. The van der Waals surface area contributed by atoms with Gasteiger partial charge in [-0.2, -0.15) is 0 Å². The highest BCUT2D eigenvalue weighted by Crippen LogP contribution is 2.35. The molecule has 0 saturated carbocycles. The molecule has 0 aromatic heterocycles. The summed E-state index contributed by atoms with van der Waals surface area (Å²) in [5.41, 5.74) is 4.60. The molecule has 0 fully saturated rings. The van der Waals surface area contributed by atoms with Crippen molar-refractivity contribution in [2.45, 2.75) is 33.8 Å². The second kappa shape index (κ2) is 9.43. The first-order valence-corrected chi connectivity index (χ1v) is 11.2. The molecule has 4 rings (SSSR count). The van der Waals surface area contributed by atoms with Crippen molar-refractivity contribution in [3.8, 4) is 11.5 Å². The number of imide groups is 1. The number of rotatable bonds is 7. The second-order valence-electron chi connectivity index (χ2n) is 8.51. The summed E-state index contributed by atoms with van der Waals surface area (Å²) < 4.78 is 10.9. The molecule has 34 heavy (non-hydrogen) atoms. The van der Waals surface area contributed by atoms with E-state index < -0.39 is 5.91 Å². The van der Waals surface area contributed by atoms with Crippen molar-refractivity contribution in [3.05, 3.63) is 89.1 Å². The third-order valence-electron chi connectivity index (χ3n) is 5.71. The van der Waals surface area contributed by atoms with E-state index in [2.05, 4.69) is 5.32 Å². The summed E-state index contributed by atoms with van der Waals surface area (Å²) >= 11 is 0. The van der Waals surface area contributed by atoms with Gasteiger partial charge in [-0.3, -0.25) is 9.59 Å². The Bertz CT molecular complexity index is 1260. The van der Waals surface area contributed by atoms with Crippen LogP contribution in [0.4, 0.5) is 11.4 Å². The Morgan fingerprint density at radius 2 is 1.44 bits per heavy atom. The number of hydrogen-bond donors (Lipinski definition) is 1. The van der Waals surface area contributed by atoms with Gasteiger partial charge in [-0.05, 0) is 92.9 Å². The fourth-order valence-electron chi connectivity index (χ4n) is 3.81. The minimum absolute atomic E-state index is 0.0602. The highest BCUT2D eigenvalue weighted by Gasteiger charge is 2.40. The van der Waals surface area contributed by atoms with E-state index in [-0.39, 0.29) is 17.7 Å². The number of hydrogen-bond acceptors (Lipinski definition) is 5. The van der Waals surface area contributed by atoms with Gasteiger partial charge in [0.25, 0.3) is 11.8 Å². The summed E-state index contributed by atoms with van der Waals surface area (Å²) in [6.07, 6.45) is 0.0602. The van der Waals surface area contributed by atoms with Gasteiger partial charge in [0.1, 0.15) is 17.2 Å². The molecule has 0 spiro atoms. The Kier molecular flexibility index (Phi) is 6.41. The number of amides is 2. The predicted octanol–water partition coefficient (Wildman–Crippen LogP) is 5.50. The summed E-state index contributed by atoms with van der Waals surface area (Å²) in [5.74, 6) is 0.594. The summed E-state index contributed by atoms with van der Waals surface area (Å²) in [7, 11) is 1.57. The SMILES string of the molecule is COc1ccc(N2C(=O)C(Nc3ccc(OC(C)C)cc3)=C(c3ccc(C)c(C)c3)C2=O)cc1. The van der Waals surface area contributed by atoms with Crippen LogP contribution < -0.4 is 19.7 Å². The van der Waals surface area contributed by atoms with Crippen LogP contribution in [-0.2, 0) is 9.59 Å². The molecule has 0 aliphatic carbocycles. The molecule has 3 aromatic carbocycles. The Morgan fingerprint density at radius 1 is 0.794 bits per heavy atom. The number of aryl methyl sites for hydroxylation is 2. The fourth-order valence-corrected chi connectivity index (χ4v) is 3.81. The van der Waals surface area contributed by atoms with Crippen molar-refractivity contribution in [3.63, 3.8) is 0 Å². The average Bonchev–Trinajstić information content (AvgIpc) is 3.06. The number of nitrogens with zero attached hydrogens (tertiary/aromatic N) is 1. The maximum atomic E-state index is 13.6. The van der Waals surface area contributed by atoms with Gasteiger partial charge in [0.15, 0.2) is 0 Å². The highest BCUT2D eigenvalue weighted by atomic mass is 16.5. The van der Waals surface area contributed by atoms with Gasteiger partial charge in [-0.15, -0.1) is 0 Å². The van der Waals surface area contributed by atoms with E-state index in [1.54, 1.807) is 31.4 Å². The first-order valence-electron chi connectivity index (χ1n) is 11.2. The molecule has 0 unspecified atom stereocenters. The third-order valence-corrected chi connectivity index (χ3v) is 5.71. The molecule has 174 valence electrons. The molecule has 3 aromatic rings. The minimum Gasteiger partial charge on any atom is -0.497 e. The molecule has 1 heterocycles. The highest BCUT2D eigenvalue weighted by molar-refractivity contribution is 6.46. The van der Waals surface area contributed by atoms with Gasteiger partial charge in [0.2, 0.25) is 0 Å². The molecule has 0 saturated heterocycles. The van der Waals surface area contributed by atoms with Gasteiger partial charge in [0, 0.05) is 5.69 Å². The number of carbonyl (C=O) groups excluding carboxylic acids is 2. The molecule has 0 radical (unpaired) electrons. The average molecular weight is 457 g/mol. The fraction of sp³-hybridized carbons (Fsp3) is 0.214. The molecule has 0 bridgehead atoms. The first-order chi connectivity index (χ1) is 16.3. The first kappa shape index (κ1) is 23.1. The van der Waals surface area contributed by atoms with E-state index in [4.69, 9.17) is 9.47 Å². The maximum absolute atomic E-state index is 13.6. The molecule has 6 nitrogen and oxygen atoms in total. The Labute approximate surface area is 199 Å². The summed E-state index contributed by atoms with van der Waals surface area (Å²) in [5, 5.41) is 3.19. The van der Waals surface area contributed by atoms with Crippen LogP contribution in [0.1, 0.15) is 30.5 Å². The molecule has 6 heteroatoms. The second-order valence-corrected chi connectivity index (χ2v) is 8.51. The number of nitrogens with one attached hydrogen (secondary N) is 1. The Hall–Kier alpha value is -4.06. The number of anilines is 2. The van der Waals surface area contributed by atoms with Gasteiger partial charge in [-0.25, -0.2) is 4.90 Å². The van der Waals surface area contributed by atoms with Crippen molar-refractivity contribution >= 4 is 28.8 Å². The molecular weight excluding hydrogens is 428 g/mol. The van der Waals surface area contributed by atoms with E-state index in [0.29, 0.717) is 28.3 Å². The molecule has 2 amide bonds. The molecule has 1 aliphatic heterocycles. The van der Waals surface area contributed by atoms with Crippen molar-refractivity contribution in [1.29, 1.82) is 0 Å². The van der Waals surface area contributed by atoms with E-state index in [1.807, 2.05) is 70.2 Å². The topological polar surface area (TPSA) is 67.9 Å². The molecule has 1 N–H and O–H groups in total. The maximum Gasteiger partial charge on any atom is 0.282 e. The number of ether oxygens (including phenoxy) is 2. The summed E-state index contributed by atoms with van der Waals surface area (Å²) in [6, 6.07) is 20.0. The van der Waals surface area contributed by atoms with Crippen molar-refractivity contribution in [2.75, 3.05) is 17.3 Å². The van der Waals surface area contributed by atoms with E-state index in [9.17, 15) is 9.59 Å². The zero-order valence-electron chi connectivity index (χ0n) is 20.0. The van der Waals surface area contributed by atoms with Crippen LogP contribution in [0.15, 0.2) is 72.4 Å². The number of methoxy groups -OCH3 is 1. The minimum atomic E-state index is -0.411. The summed E-state index contributed by atoms with van der Waals surface area (Å²) in [6.45, 7) is 7.92. The van der Waals surface area contributed by atoms with Crippen LogP contribution in [0.2, 0.25) is 0 Å². The van der Waals surface area contributed by atoms with Crippen LogP contribution in [0.25, 0.3) is 5.57 Å². The van der Waals surface area contributed by atoms with Gasteiger partial charge in [0.05, 0.1) is 24.5 Å². The van der Waals surface area contributed by atoms with Crippen LogP contribution in [0.5, 0.6) is 11.5 Å². The Morgan fingerprint density at radius 3 is 2.03 bits per heavy atom. The van der Waals surface area contributed by atoms with Crippen LogP contribution >= 0.6 is 0 Å². The van der Waals surface area contributed by atoms with Crippen LogP contribution in [0.3, 0.4) is 0 Å². The van der Waals surface area contributed by atoms with Crippen molar-refractivity contribution < 1.29 is 19.1 Å². The lowest BCUT2D eigenvalue weighted by Crippen LogP contribution is -2.32. The van der Waals surface area contributed by atoms with Gasteiger partial charge < -0.3 is 14.8 Å². The lowest BCUT2D eigenvalue weighted by molar-refractivity contribution is -0.120. The normalized spacial score (nSPS) is 13.6. The van der Waals surface area contributed by atoms with Crippen molar-refractivity contribution in [1.82, 2.24) is 0 Å². The number of benzene rings is 3. The predicted molar refractivity (Wildman–Crippen MR) is 134 cm³/mol. The van der Waals surface area contributed by atoms with E-state index in [1.165, 1.54) is 4.90 Å². The van der Waals surface area contributed by atoms with E-state index in [0.717, 1.165) is 16.9 Å².